The lowest BCUT2D eigenvalue weighted by atomic mass is 10.1. The Labute approximate surface area is 96.9 Å². The van der Waals surface area contributed by atoms with Gasteiger partial charge in [0.15, 0.2) is 0 Å². The van der Waals surface area contributed by atoms with Gasteiger partial charge in [-0.3, -0.25) is 0 Å². The quantitative estimate of drug-likeness (QED) is 0.895. The summed E-state index contributed by atoms with van der Waals surface area (Å²) in [5.74, 6) is 0.459. The molecular formula is C11H13BrFNO. The molecule has 2 rings (SSSR count). The number of piperidine rings is 1. The van der Waals surface area contributed by atoms with Crippen LogP contribution < -0.4 is 10.1 Å². The second kappa shape index (κ2) is 4.94. The average Bonchev–Trinajstić information content (AvgIpc) is 2.24. The Morgan fingerprint density at radius 3 is 3.00 bits per heavy atom. The number of hydrogen-bond acceptors (Lipinski definition) is 2. The molecule has 1 aromatic carbocycles. The van der Waals surface area contributed by atoms with E-state index in [-0.39, 0.29) is 11.9 Å². The van der Waals surface area contributed by atoms with E-state index in [9.17, 15) is 4.39 Å². The normalized spacial score (nSPS) is 21.3. The van der Waals surface area contributed by atoms with Crippen molar-refractivity contribution < 1.29 is 9.13 Å². The van der Waals surface area contributed by atoms with Crippen LogP contribution in [-0.4, -0.2) is 19.2 Å². The van der Waals surface area contributed by atoms with Crippen molar-refractivity contribution in [2.24, 2.45) is 0 Å². The largest absolute Gasteiger partial charge is 0.488 e. The minimum absolute atomic E-state index is 0.195. The molecule has 1 unspecified atom stereocenters. The predicted molar refractivity (Wildman–Crippen MR) is 60.6 cm³/mol. The number of rotatable bonds is 2. The van der Waals surface area contributed by atoms with Gasteiger partial charge in [-0.05, 0) is 53.5 Å². The summed E-state index contributed by atoms with van der Waals surface area (Å²) in [5.41, 5.74) is 0. The summed E-state index contributed by atoms with van der Waals surface area (Å²) in [5, 5.41) is 3.27. The maximum absolute atomic E-state index is 12.8. The average molecular weight is 274 g/mol. The van der Waals surface area contributed by atoms with E-state index < -0.39 is 0 Å². The van der Waals surface area contributed by atoms with Gasteiger partial charge in [-0.25, -0.2) is 4.39 Å². The van der Waals surface area contributed by atoms with Crippen LogP contribution in [0.4, 0.5) is 4.39 Å². The van der Waals surface area contributed by atoms with Gasteiger partial charge in [-0.1, -0.05) is 0 Å². The van der Waals surface area contributed by atoms with Crippen LogP contribution in [0.25, 0.3) is 0 Å². The maximum atomic E-state index is 12.8. The molecule has 1 aliphatic heterocycles. The van der Waals surface area contributed by atoms with Crippen LogP contribution in [0, 0.1) is 5.82 Å². The van der Waals surface area contributed by atoms with Gasteiger partial charge >= 0.3 is 0 Å². The van der Waals surface area contributed by atoms with Crippen molar-refractivity contribution >= 4 is 15.9 Å². The first-order valence-electron chi connectivity index (χ1n) is 5.08. The summed E-state index contributed by atoms with van der Waals surface area (Å²) in [4.78, 5) is 0. The standard InChI is InChI=1S/C11H13BrFNO/c12-10-6-8(13)3-4-11(10)15-9-2-1-5-14-7-9/h3-4,6,9,14H,1-2,5,7H2. The van der Waals surface area contributed by atoms with Crippen molar-refractivity contribution in [2.45, 2.75) is 18.9 Å². The molecule has 4 heteroatoms. The summed E-state index contributed by atoms with van der Waals surface area (Å²) < 4.78 is 19.3. The van der Waals surface area contributed by atoms with Gasteiger partial charge in [0.25, 0.3) is 0 Å². The summed E-state index contributed by atoms with van der Waals surface area (Å²) in [7, 11) is 0. The predicted octanol–water partition coefficient (Wildman–Crippen LogP) is 2.72. The Kier molecular flexibility index (Phi) is 3.59. The topological polar surface area (TPSA) is 21.3 Å². The number of halogens is 2. The molecule has 15 heavy (non-hydrogen) atoms. The first-order chi connectivity index (χ1) is 7.25. The van der Waals surface area contributed by atoms with E-state index in [0.29, 0.717) is 10.2 Å². The van der Waals surface area contributed by atoms with Gasteiger partial charge in [0.1, 0.15) is 17.7 Å². The fourth-order valence-corrected chi connectivity index (χ4v) is 2.12. The van der Waals surface area contributed by atoms with Crippen LogP contribution in [-0.2, 0) is 0 Å². The van der Waals surface area contributed by atoms with Crippen molar-refractivity contribution in [3.05, 3.63) is 28.5 Å². The molecule has 1 N–H and O–H groups in total. The van der Waals surface area contributed by atoms with Crippen molar-refractivity contribution in [2.75, 3.05) is 13.1 Å². The molecule has 1 aromatic rings. The fraction of sp³-hybridized carbons (Fsp3) is 0.455. The second-order valence-corrected chi connectivity index (χ2v) is 4.52. The van der Waals surface area contributed by atoms with Gasteiger partial charge in [0.2, 0.25) is 0 Å². The molecule has 1 fully saturated rings. The monoisotopic (exact) mass is 273 g/mol. The lowest BCUT2D eigenvalue weighted by Crippen LogP contribution is -2.37. The van der Waals surface area contributed by atoms with Crippen LogP contribution in [0.1, 0.15) is 12.8 Å². The van der Waals surface area contributed by atoms with E-state index in [1.165, 1.54) is 12.1 Å². The zero-order valence-corrected chi connectivity index (χ0v) is 9.89. The molecule has 0 bridgehead atoms. The highest BCUT2D eigenvalue weighted by molar-refractivity contribution is 9.10. The van der Waals surface area contributed by atoms with Gasteiger partial charge in [-0.2, -0.15) is 0 Å². The van der Waals surface area contributed by atoms with Crippen LogP contribution in [0.15, 0.2) is 22.7 Å². The van der Waals surface area contributed by atoms with E-state index in [4.69, 9.17) is 4.74 Å². The number of nitrogens with one attached hydrogen (secondary N) is 1. The number of benzene rings is 1. The Balaban J connectivity index is 2.03. The van der Waals surface area contributed by atoms with Crippen molar-refractivity contribution in [1.29, 1.82) is 0 Å². The van der Waals surface area contributed by atoms with Crippen LogP contribution in [0.2, 0.25) is 0 Å². The summed E-state index contributed by atoms with van der Waals surface area (Å²) >= 11 is 3.29. The molecule has 1 saturated heterocycles. The highest BCUT2D eigenvalue weighted by Crippen LogP contribution is 2.27. The third-order valence-electron chi connectivity index (χ3n) is 2.44. The molecule has 0 spiro atoms. The van der Waals surface area contributed by atoms with Crippen molar-refractivity contribution in [3.8, 4) is 5.75 Å². The lowest BCUT2D eigenvalue weighted by molar-refractivity contribution is 0.166. The van der Waals surface area contributed by atoms with E-state index in [1.54, 1.807) is 6.07 Å². The third kappa shape index (κ3) is 2.92. The Bertz CT molecular complexity index is 339. The first-order valence-corrected chi connectivity index (χ1v) is 5.87. The lowest BCUT2D eigenvalue weighted by Gasteiger charge is -2.24. The van der Waals surface area contributed by atoms with Gasteiger partial charge in [0.05, 0.1) is 4.47 Å². The highest BCUT2D eigenvalue weighted by atomic mass is 79.9. The molecule has 1 aliphatic rings. The fourth-order valence-electron chi connectivity index (χ4n) is 1.67. The van der Waals surface area contributed by atoms with Gasteiger partial charge in [0, 0.05) is 6.54 Å². The zero-order chi connectivity index (χ0) is 10.7. The van der Waals surface area contributed by atoms with Crippen molar-refractivity contribution in [1.82, 2.24) is 5.32 Å². The van der Waals surface area contributed by atoms with E-state index in [2.05, 4.69) is 21.2 Å². The van der Waals surface area contributed by atoms with Crippen LogP contribution >= 0.6 is 15.9 Å². The summed E-state index contributed by atoms with van der Waals surface area (Å²) in [6.45, 7) is 1.92. The SMILES string of the molecule is Fc1ccc(OC2CCCNC2)c(Br)c1. The smallest absolute Gasteiger partial charge is 0.134 e. The molecular weight excluding hydrogens is 261 g/mol. The Morgan fingerprint density at radius 2 is 2.33 bits per heavy atom. The minimum atomic E-state index is -0.254. The molecule has 0 aliphatic carbocycles. The Hall–Kier alpha value is -0.610. The van der Waals surface area contributed by atoms with E-state index in [1.807, 2.05) is 0 Å². The highest BCUT2D eigenvalue weighted by Gasteiger charge is 2.15. The van der Waals surface area contributed by atoms with Crippen molar-refractivity contribution in [3.63, 3.8) is 0 Å². The zero-order valence-electron chi connectivity index (χ0n) is 8.30. The van der Waals surface area contributed by atoms with Gasteiger partial charge in [-0.15, -0.1) is 0 Å². The number of hydrogen-bond donors (Lipinski definition) is 1. The first kappa shape index (κ1) is 10.9. The second-order valence-electron chi connectivity index (χ2n) is 3.66. The minimum Gasteiger partial charge on any atom is -0.488 e. The molecule has 82 valence electrons. The molecule has 0 amide bonds. The van der Waals surface area contributed by atoms with Gasteiger partial charge < -0.3 is 10.1 Å². The summed E-state index contributed by atoms with van der Waals surface area (Å²) in [6.07, 6.45) is 2.38. The molecule has 1 heterocycles. The molecule has 1 atom stereocenters. The molecule has 0 radical (unpaired) electrons. The number of ether oxygens (including phenoxy) is 1. The van der Waals surface area contributed by atoms with E-state index >= 15 is 0 Å². The molecule has 2 nitrogen and oxygen atoms in total. The molecule has 0 aromatic heterocycles. The van der Waals surface area contributed by atoms with E-state index in [0.717, 1.165) is 25.9 Å². The third-order valence-corrected chi connectivity index (χ3v) is 3.06. The maximum Gasteiger partial charge on any atom is 0.134 e. The van der Waals surface area contributed by atoms with Crippen LogP contribution in [0.5, 0.6) is 5.75 Å². The summed E-state index contributed by atoms with van der Waals surface area (Å²) in [6, 6.07) is 4.50. The Morgan fingerprint density at radius 1 is 1.47 bits per heavy atom. The van der Waals surface area contributed by atoms with Crippen LogP contribution in [0.3, 0.4) is 0 Å². The molecule has 0 saturated carbocycles.